The lowest BCUT2D eigenvalue weighted by Crippen LogP contribution is -2.41. The molecular formula is C14H19BFNO4. The molecule has 0 aliphatic carbocycles. The number of benzene rings is 1. The van der Waals surface area contributed by atoms with Gasteiger partial charge in [-0.15, -0.1) is 0 Å². The van der Waals surface area contributed by atoms with Crippen molar-refractivity contribution in [1.82, 2.24) is 0 Å². The summed E-state index contributed by atoms with van der Waals surface area (Å²) in [5.74, 6) is -0.629. The van der Waals surface area contributed by atoms with Gasteiger partial charge in [-0.2, -0.15) is 0 Å². The van der Waals surface area contributed by atoms with Gasteiger partial charge in [0.05, 0.1) is 16.9 Å². The van der Waals surface area contributed by atoms with Crippen molar-refractivity contribution in [2.45, 2.75) is 45.8 Å². The Labute approximate surface area is 123 Å². The highest BCUT2D eigenvalue weighted by atomic mass is 19.1. The van der Waals surface area contributed by atoms with Gasteiger partial charge in [0.1, 0.15) is 5.82 Å². The Morgan fingerprint density at radius 1 is 1.24 bits per heavy atom. The third-order valence-electron chi connectivity index (χ3n) is 4.10. The molecule has 0 bridgehead atoms. The van der Waals surface area contributed by atoms with Crippen molar-refractivity contribution in [3.8, 4) is 0 Å². The van der Waals surface area contributed by atoms with Gasteiger partial charge in [-0.05, 0) is 57.8 Å². The third kappa shape index (κ3) is 2.89. The monoisotopic (exact) mass is 295 g/mol. The van der Waals surface area contributed by atoms with Crippen LogP contribution in [0.4, 0.5) is 14.9 Å². The number of anilines is 1. The summed E-state index contributed by atoms with van der Waals surface area (Å²) in [5.41, 5.74) is 0.108. The Hall–Kier alpha value is -1.60. The highest BCUT2D eigenvalue weighted by molar-refractivity contribution is 6.62. The van der Waals surface area contributed by atoms with Crippen LogP contribution in [0.15, 0.2) is 12.1 Å². The van der Waals surface area contributed by atoms with Crippen LogP contribution in [0, 0.1) is 12.7 Å². The van der Waals surface area contributed by atoms with Crippen molar-refractivity contribution in [2.75, 3.05) is 5.32 Å². The summed E-state index contributed by atoms with van der Waals surface area (Å²) < 4.78 is 25.6. The van der Waals surface area contributed by atoms with E-state index in [9.17, 15) is 9.18 Å². The Balaban J connectivity index is 2.39. The molecule has 114 valence electrons. The van der Waals surface area contributed by atoms with Crippen LogP contribution in [0.25, 0.3) is 0 Å². The van der Waals surface area contributed by atoms with E-state index in [-0.39, 0.29) is 5.69 Å². The Kier molecular flexibility index (Phi) is 3.76. The smallest absolute Gasteiger partial charge is 0.465 e. The fraction of sp³-hybridized carbons (Fsp3) is 0.500. The summed E-state index contributed by atoms with van der Waals surface area (Å²) in [6, 6.07) is 2.69. The number of hydrogen-bond donors (Lipinski definition) is 2. The average molecular weight is 295 g/mol. The van der Waals surface area contributed by atoms with Gasteiger partial charge in [0, 0.05) is 0 Å². The summed E-state index contributed by atoms with van der Waals surface area (Å²) in [5, 5.41) is 10.8. The molecule has 1 saturated heterocycles. The molecule has 0 saturated carbocycles. The second-order valence-corrected chi connectivity index (χ2v) is 6.21. The molecule has 21 heavy (non-hydrogen) atoms. The first-order valence-corrected chi connectivity index (χ1v) is 6.69. The average Bonchev–Trinajstić information content (AvgIpc) is 2.51. The van der Waals surface area contributed by atoms with Gasteiger partial charge in [-0.25, -0.2) is 9.18 Å². The number of nitrogens with one attached hydrogen (secondary N) is 1. The van der Waals surface area contributed by atoms with Gasteiger partial charge < -0.3 is 14.4 Å². The standard InChI is InChI=1S/C14H19BFNO4/c1-8-6-10(16)11(17-12(18)19)7-9(8)15-20-13(2,3)14(4,5)21-15/h6-7,17H,1-5H3,(H,18,19). The molecule has 1 heterocycles. The molecule has 1 amide bonds. The fourth-order valence-corrected chi connectivity index (χ4v) is 2.12. The summed E-state index contributed by atoms with van der Waals surface area (Å²) >= 11 is 0. The fourth-order valence-electron chi connectivity index (χ4n) is 2.12. The molecular weight excluding hydrogens is 276 g/mol. The quantitative estimate of drug-likeness (QED) is 0.823. The van der Waals surface area contributed by atoms with Crippen molar-refractivity contribution in [1.29, 1.82) is 0 Å². The van der Waals surface area contributed by atoms with E-state index in [1.165, 1.54) is 12.1 Å². The summed E-state index contributed by atoms with van der Waals surface area (Å²) in [6.07, 6.45) is -1.32. The second-order valence-electron chi connectivity index (χ2n) is 6.21. The molecule has 0 aromatic heterocycles. The van der Waals surface area contributed by atoms with Crippen LogP contribution in [-0.2, 0) is 9.31 Å². The number of carbonyl (C=O) groups is 1. The lowest BCUT2D eigenvalue weighted by Gasteiger charge is -2.32. The van der Waals surface area contributed by atoms with Crippen LogP contribution < -0.4 is 10.8 Å². The molecule has 1 aromatic rings. The molecule has 2 N–H and O–H groups in total. The largest absolute Gasteiger partial charge is 0.495 e. The molecule has 0 radical (unpaired) electrons. The maximum atomic E-state index is 13.8. The molecule has 1 aliphatic heterocycles. The zero-order valence-corrected chi connectivity index (χ0v) is 12.8. The lowest BCUT2D eigenvalue weighted by molar-refractivity contribution is 0.00578. The van der Waals surface area contributed by atoms with Gasteiger partial charge in [-0.1, -0.05) is 0 Å². The van der Waals surface area contributed by atoms with Crippen LogP contribution in [-0.4, -0.2) is 29.5 Å². The first-order chi connectivity index (χ1) is 9.53. The predicted octanol–water partition coefficient (Wildman–Crippen LogP) is 2.52. The Morgan fingerprint density at radius 2 is 1.76 bits per heavy atom. The van der Waals surface area contributed by atoms with Gasteiger partial charge in [-0.3, -0.25) is 5.32 Å². The van der Waals surface area contributed by atoms with E-state index in [2.05, 4.69) is 0 Å². The van der Waals surface area contributed by atoms with E-state index in [0.717, 1.165) is 0 Å². The maximum Gasteiger partial charge on any atom is 0.495 e. The minimum atomic E-state index is -1.32. The Morgan fingerprint density at radius 3 is 2.24 bits per heavy atom. The van der Waals surface area contributed by atoms with Crippen molar-refractivity contribution < 1.29 is 23.6 Å². The molecule has 1 aromatic carbocycles. The highest BCUT2D eigenvalue weighted by Gasteiger charge is 2.52. The van der Waals surface area contributed by atoms with Gasteiger partial charge in [0.2, 0.25) is 0 Å². The van der Waals surface area contributed by atoms with Gasteiger partial charge >= 0.3 is 13.2 Å². The lowest BCUT2D eigenvalue weighted by atomic mass is 9.76. The van der Waals surface area contributed by atoms with E-state index in [4.69, 9.17) is 14.4 Å². The first kappa shape index (κ1) is 15.8. The number of hydrogen-bond acceptors (Lipinski definition) is 3. The van der Waals surface area contributed by atoms with E-state index in [1.807, 2.05) is 33.0 Å². The van der Waals surface area contributed by atoms with Crippen molar-refractivity contribution in [3.63, 3.8) is 0 Å². The summed E-state index contributed by atoms with van der Waals surface area (Å²) in [4.78, 5) is 10.7. The van der Waals surface area contributed by atoms with Crippen LogP contribution >= 0.6 is 0 Å². The highest BCUT2D eigenvalue weighted by Crippen LogP contribution is 2.37. The normalized spacial score (nSPS) is 19.6. The summed E-state index contributed by atoms with van der Waals surface area (Å²) in [6.45, 7) is 9.41. The number of rotatable bonds is 2. The van der Waals surface area contributed by atoms with Gasteiger partial charge in [0.15, 0.2) is 0 Å². The zero-order valence-electron chi connectivity index (χ0n) is 12.8. The molecule has 1 aliphatic rings. The minimum absolute atomic E-state index is 0.113. The molecule has 7 heteroatoms. The van der Waals surface area contributed by atoms with Crippen molar-refractivity contribution >= 4 is 24.4 Å². The van der Waals surface area contributed by atoms with Crippen molar-refractivity contribution in [3.05, 3.63) is 23.5 Å². The Bertz CT molecular complexity index is 573. The topological polar surface area (TPSA) is 67.8 Å². The number of carboxylic acid groups (broad SMARTS) is 1. The van der Waals surface area contributed by atoms with Crippen molar-refractivity contribution in [2.24, 2.45) is 0 Å². The second kappa shape index (κ2) is 5.00. The van der Waals surface area contributed by atoms with Crippen LogP contribution in [0.5, 0.6) is 0 Å². The summed E-state index contributed by atoms with van der Waals surface area (Å²) in [7, 11) is -0.662. The number of aryl methyl sites for hydroxylation is 1. The third-order valence-corrected chi connectivity index (χ3v) is 4.10. The van der Waals surface area contributed by atoms with Gasteiger partial charge in [0.25, 0.3) is 0 Å². The molecule has 0 spiro atoms. The maximum absolute atomic E-state index is 13.8. The van der Waals surface area contributed by atoms with E-state index < -0.39 is 30.2 Å². The van der Waals surface area contributed by atoms with Crippen LogP contribution in [0.2, 0.25) is 0 Å². The SMILES string of the molecule is Cc1cc(F)c(NC(=O)O)cc1B1OC(C)(C)C(C)(C)O1. The molecule has 2 rings (SSSR count). The van der Waals surface area contributed by atoms with E-state index >= 15 is 0 Å². The van der Waals surface area contributed by atoms with E-state index in [0.29, 0.717) is 11.0 Å². The van der Waals surface area contributed by atoms with E-state index in [1.54, 1.807) is 6.92 Å². The molecule has 5 nitrogen and oxygen atoms in total. The molecule has 0 atom stereocenters. The zero-order chi connectivity index (χ0) is 16.0. The first-order valence-electron chi connectivity index (χ1n) is 6.69. The number of halogens is 1. The molecule has 0 unspecified atom stereocenters. The predicted molar refractivity (Wildman–Crippen MR) is 78.5 cm³/mol. The minimum Gasteiger partial charge on any atom is -0.465 e. The van der Waals surface area contributed by atoms with Crippen LogP contribution in [0.1, 0.15) is 33.3 Å². The molecule has 1 fully saturated rings. The number of amides is 1. The van der Waals surface area contributed by atoms with Crippen LogP contribution in [0.3, 0.4) is 0 Å².